The van der Waals surface area contributed by atoms with Gasteiger partial charge in [-0.1, -0.05) is 58.0 Å². The van der Waals surface area contributed by atoms with Gasteiger partial charge in [0, 0.05) is 6.21 Å². The lowest BCUT2D eigenvalue weighted by Gasteiger charge is -2.16. The Bertz CT molecular complexity index is 684. The fraction of sp³-hybridized carbons (Fsp3) is 0.350. The van der Waals surface area contributed by atoms with Gasteiger partial charge in [-0.25, -0.2) is 0 Å². The van der Waals surface area contributed by atoms with Gasteiger partial charge in [-0.15, -0.1) is 0 Å². The summed E-state index contributed by atoms with van der Waals surface area (Å²) in [7, 11) is 0. The predicted octanol–water partition coefficient (Wildman–Crippen LogP) is 6.70. The lowest BCUT2D eigenvalue weighted by Crippen LogP contribution is -2.04. The van der Waals surface area contributed by atoms with E-state index in [2.05, 4.69) is 44.8 Å². The fourth-order valence-electron chi connectivity index (χ4n) is 2.56. The molecule has 0 aliphatic rings. The number of hydrogen-bond acceptors (Lipinski definition) is 1. The van der Waals surface area contributed by atoms with Crippen molar-refractivity contribution in [2.75, 3.05) is 0 Å². The van der Waals surface area contributed by atoms with Crippen LogP contribution >= 0.6 is 0 Å². The minimum Gasteiger partial charge on any atom is -0.256 e. The molecule has 0 saturated carbocycles. The minimum atomic E-state index is -4.31. The molecule has 0 unspecified atom stereocenters. The highest BCUT2D eigenvalue weighted by atomic mass is 19.4. The Hall–Kier alpha value is -2.10. The molecule has 2 aromatic rings. The first-order valence-corrected chi connectivity index (χ1v) is 8.04. The fourth-order valence-corrected chi connectivity index (χ4v) is 2.56. The number of hydrogen-bond donors (Lipinski definition) is 0. The molecular weight excluding hydrogens is 311 g/mol. The lowest BCUT2D eigenvalue weighted by atomic mass is 9.93. The standard InChI is InChI=1S/C20H22F3N/c1-13(2)17-6-5-7-18(14(3)4)19(17)24-12-15-8-10-16(11-9-15)20(21,22)23/h5-14H,1-4H3. The van der Waals surface area contributed by atoms with Crippen molar-refractivity contribution in [3.63, 3.8) is 0 Å². The zero-order chi connectivity index (χ0) is 17.9. The summed E-state index contributed by atoms with van der Waals surface area (Å²) >= 11 is 0. The van der Waals surface area contributed by atoms with E-state index >= 15 is 0 Å². The smallest absolute Gasteiger partial charge is 0.256 e. The van der Waals surface area contributed by atoms with E-state index in [4.69, 9.17) is 0 Å². The second-order valence-electron chi connectivity index (χ2n) is 6.47. The summed E-state index contributed by atoms with van der Waals surface area (Å²) in [6.45, 7) is 8.43. The largest absolute Gasteiger partial charge is 0.416 e. The van der Waals surface area contributed by atoms with Crippen LogP contribution in [0.15, 0.2) is 47.5 Å². The molecule has 0 aliphatic carbocycles. The van der Waals surface area contributed by atoms with E-state index < -0.39 is 11.7 Å². The van der Waals surface area contributed by atoms with E-state index in [-0.39, 0.29) is 0 Å². The van der Waals surface area contributed by atoms with Crippen molar-refractivity contribution >= 4 is 11.9 Å². The summed E-state index contributed by atoms with van der Waals surface area (Å²) < 4.78 is 37.9. The summed E-state index contributed by atoms with van der Waals surface area (Å²) in [4.78, 5) is 4.60. The molecule has 0 spiro atoms. The summed E-state index contributed by atoms with van der Waals surface area (Å²) in [6, 6.07) is 11.2. The van der Waals surface area contributed by atoms with Crippen LogP contribution in [-0.4, -0.2) is 6.21 Å². The van der Waals surface area contributed by atoms with Crippen molar-refractivity contribution in [3.8, 4) is 0 Å². The first kappa shape index (κ1) is 18.2. The molecule has 2 rings (SSSR count). The highest BCUT2D eigenvalue weighted by Gasteiger charge is 2.29. The molecule has 4 heteroatoms. The van der Waals surface area contributed by atoms with Crippen molar-refractivity contribution in [3.05, 3.63) is 64.7 Å². The van der Waals surface area contributed by atoms with Gasteiger partial charge >= 0.3 is 6.18 Å². The lowest BCUT2D eigenvalue weighted by molar-refractivity contribution is -0.137. The quantitative estimate of drug-likeness (QED) is 0.552. The van der Waals surface area contributed by atoms with Gasteiger partial charge < -0.3 is 0 Å². The molecule has 0 saturated heterocycles. The molecule has 0 aromatic heterocycles. The molecule has 0 fully saturated rings. The Morgan fingerprint density at radius 3 is 1.75 bits per heavy atom. The monoisotopic (exact) mass is 333 g/mol. The van der Waals surface area contributed by atoms with Crippen molar-refractivity contribution in [2.45, 2.75) is 45.7 Å². The van der Waals surface area contributed by atoms with E-state index in [9.17, 15) is 13.2 Å². The van der Waals surface area contributed by atoms with Crippen molar-refractivity contribution in [2.24, 2.45) is 4.99 Å². The number of alkyl halides is 3. The molecule has 0 heterocycles. The van der Waals surface area contributed by atoms with Crippen LogP contribution in [0.25, 0.3) is 0 Å². The molecule has 1 nitrogen and oxygen atoms in total. The van der Waals surface area contributed by atoms with Crippen LogP contribution in [0.3, 0.4) is 0 Å². The summed E-state index contributed by atoms with van der Waals surface area (Å²) in [5.41, 5.74) is 3.21. The maximum Gasteiger partial charge on any atom is 0.416 e. The molecule has 0 radical (unpaired) electrons. The highest BCUT2D eigenvalue weighted by molar-refractivity contribution is 5.83. The van der Waals surface area contributed by atoms with Crippen LogP contribution in [-0.2, 0) is 6.18 Å². The van der Waals surface area contributed by atoms with Gasteiger partial charge in [0.1, 0.15) is 0 Å². The molecule has 0 atom stereocenters. The van der Waals surface area contributed by atoms with Gasteiger partial charge in [-0.05, 0) is 40.7 Å². The Morgan fingerprint density at radius 2 is 1.33 bits per heavy atom. The third-order valence-electron chi connectivity index (χ3n) is 3.92. The predicted molar refractivity (Wildman–Crippen MR) is 93.3 cm³/mol. The number of nitrogens with zero attached hydrogens (tertiary/aromatic N) is 1. The molecule has 0 N–H and O–H groups in total. The Labute approximate surface area is 141 Å². The summed E-state index contributed by atoms with van der Waals surface area (Å²) in [5, 5.41) is 0. The van der Waals surface area contributed by atoms with Gasteiger partial charge in [0.25, 0.3) is 0 Å². The van der Waals surface area contributed by atoms with Gasteiger partial charge in [0.2, 0.25) is 0 Å². The second-order valence-corrected chi connectivity index (χ2v) is 6.47. The van der Waals surface area contributed by atoms with Crippen molar-refractivity contribution < 1.29 is 13.2 Å². The van der Waals surface area contributed by atoms with Gasteiger partial charge in [-0.3, -0.25) is 4.99 Å². The molecule has 0 aliphatic heterocycles. The Balaban J connectivity index is 2.38. The third kappa shape index (κ3) is 4.25. The molecule has 0 bridgehead atoms. The highest BCUT2D eigenvalue weighted by Crippen LogP contribution is 2.34. The second kappa shape index (κ2) is 7.20. The van der Waals surface area contributed by atoms with Crippen LogP contribution < -0.4 is 0 Å². The van der Waals surface area contributed by atoms with Crippen LogP contribution in [0.5, 0.6) is 0 Å². The van der Waals surface area contributed by atoms with Gasteiger partial charge in [0.05, 0.1) is 11.3 Å². The number of aliphatic imine (C=N–C) groups is 1. The van der Waals surface area contributed by atoms with Crippen LogP contribution in [0.1, 0.15) is 61.8 Å². The van der Waals surface area contributed by atoms with Gasteiger partial charge in [-0.2, -0.15) is 13.2 Å². The Kier molecular flexibility index (Phi) is 5.47. The topological polar surface area (TPSA) is 12.4 Å². The maximum atomic E-state index is 12.6. The minimum absolute atomic E-state index is 0.323. The molecule has 128 valence electrons. The van der Waals surface area contributed by atoms with E-state index in [0.29, 0.717) is 17.4 Å². The molecule has 2 aromatic carbocycles. The van der Waals surface area contributed by atoms with E-state index in [1.807, 2.05) is 6.07 Å². The first-order chi connectivity index (χ1) is 11.2. The summed E-state index contributed by atoms with van der Waals surface area (Å²) in [5.74, 6) is 0.645. The SMILES string of the molecule is CC(C)c1cccc(C(C)C)c1N=Cc1ccc(C(F)(F)F)cc1. The average Bonchev–Trinajstić information content (AvgIpc) is 2.51. The van der Waals surface area contributed by atoms with Crippen LogP contribution in [0.2, 0.25) is 0 Å². The first-order valence-electron chi connectivity index (χ1n) is 8.04. The maximum absolute atomic E-state index is 12.6. The zero-order valence-corrected chi connectivity index (χ0v) is 14.4. The van der Waals surface area contributed by atoms with Crippen molar-refractivity contribution in [1.29, 1.82) is 0 Å². The molecule has 24 heavy (non-hydrogen) atoms. The summed E-state index contributed by atoms with van der Waals surface area (Å²) in [6.07, 6.45) is -2.68. The Morgan fingerprint density at radius 1 is 0.833 bits per heavy atom. The van der Waals surface area contributed by atoms with E-state index in [1.54, 1.807) is 6.21 Å². The zero-order valence-electron chi connectivity index (χ0n) is 14.4. The van der Waals surface area contributed by atoms with Crippen LogP contribution in [0.4, 0.5) is 18.9 Å². The number of benzene rings is 2. The average molecular weight is 333 g/mol. The van der Waals surface area contributed by atoms with E-state index in [1.165, 1.54) is 12.1 Å². The number of para-hydroxylation sites is 1. The van der Waals surface area contributed by atoms with Gasteiger partial charge in [0.15, 0.2) is 0 Å². The third-order valence-corrected chi connectivity index (χ3v) is 3.92. The number of halogens is 3. The molecular formula is C20H22F3N. The van der Waals surface area contributed by atoms with Crippen molar-refractivity contribution in [1.82, 2.24) is 0 Å². The van der Waals surface area contributed by atoms with Crippen LogP contribution in [0, 0.1) is 0 Å². The molecule has 0 amide bonds. The van der Waals surface area contributed by atoms with E-state index in [0.717, 1.165) is 28.9 Å². The normalized spacial score (nSPS) is 12.5. The number of rotatable bonds is 4.